The standard InChI is InChI=1S/C52H32O/c1-2-13-35-29-37(24-23-33(35)11-1)39-26-28-43-42-27-25-38(31-49(42)53-50(43)32-39)36-15-9-16-40(30-36)51-45-18-5-7-20-47(45)52(48-21-8-6-19-46(48)51)44-22-10-14-34-12-3-4-17-41(34)44/h1-32H/i1D,2D,3D,4D,5D,6D,7D,8D,9D,10D,11D,12D,13D,14D,15D,16D,17D,18D,19D,20D,21D,22D,23D,24D,25D,26D,27D,28D,29D,31D,32D. The fraction of sp³-hybridized carbons (Fsp3) is 0. The summed E-state index contributed by atoms with van der Waals surface area (Å²) < 4.78 is 285. The number of hydrogen-bond acceptors (Lipinski definition) is 1. The van der Waals surface area contributed by atoms with Gasteiger partial charge in [-0.05, 0) is 124 Å². The highest BCUT2D eigenvalue weighted by Crippen LogP contribution is 2.46. The van der Waals surface area contributed by atoms with Gasteiger partial charge in [0.2, 0.25) is 0 Å². The zero-order valence-electron chi connectivity index (χ0n) is 57.5. The van der Waals surface area contributed by atoms with Crippen molar-refractivity contribution in [2.24, 2.45) is 0 Å². The number of furan rings is 1. The van der Waals surface area contributed by atoms with Crippen LogP contribution in [0.25, 0.3) is 110 Å². The number of benzene rings is 10. The van der Waals surface area contributed by atoms with Crippen LogP contribution in [-0.4, -0.2) is 0 Å². The zero-order valence-corrected chi connectivity index (χ0v) is 26.5. The molecular weight excluding hydrogens is 641 g/mol. The van der Waals surface area contributed by atoms with Crippen LogP contribution < -0.4 is 0 Å². The Bertz CT molecular complexity index is 4940. The molecule has 11 aromatic rings. The van der Waals surface area contributed by atoms with E-state index in [-0.39, 0.29) is 0 Å². The molecule has 0 saturated carbocycles. The van der Waals surface area contributed by atoms with Crippen molar-refractivity contribution in [3.8, 4) is 44.5 Å². The van der Waals surface area contributed by atoms with Crippen LogP contribution in [0.3, 0.4) is 0 Å². The zero-order chi connectivity index (χ0) is 61.9. The maximum absolute atomic E-state index is 9.60. The van der Waals surface area contributed by atoms with Crippen LogP contribution in [0.5, 0.6) is 0 Å². The first-order chi connectivity index (χ1) is 39.2. The van der Waals surface area contributed by atoms with Gasteiger partial charge in [0.1, 0.15) is 11.2 Å². The third-order valence-corrected chi connectivity index (χ3v) is 8.67. The Labute approximate surface area is 350 Å². The molecule has 0 unspecified atom stereocenters. The van der Waals surface area contributed by atoms with Crippen molar-refractivity contribution in [1.82, 2.24) is 0 Å². The second-order valence-corrected chi connectivity index (χ2v) is 11.6. The Morgan fingerprint density at radius 3 is 1.49 bits per heavy atom. The summed E-state index contributed by atoms with van der Waals surface area (Å²) in [7, 11) is 0. The molecule has 0 fully saturated rings. The van der Waals surface area contributed by atoms with Gasteiger partial charge in [0, 0.05) is 10.8 Å². The molecule has 0 aliphatic carbocycles. The average Bonchev–Trinajstić information content (AvgIpc) is 2.97. The van der Waals surface area contributed by atoms with E-state index in [1.165, 1.54) is 0 Å². The van der Waals surface area contributed by atoms with E-state index >= 15 is 0 Å². The van der Waals surface area contributed by atoms with Crippen LogP contribution in [0.15, 0.2) is 198 Å². The van der Waals surface area contributed by atoms with Gasteiger partial charge in [0.25, 0.3) is 0 Å². The predicted octanol–water partition coefficient (Wildman–Crippen LogP) is 14.9. The molecule has 1 heterocycles. The van der Waals surface area contributed by atoms with E-state index < -0.39 is 297 Å². The maximum Gasteiger partial charge on any atom is 0.136 e. The van der Waals surface area contributed by atoms with E-state index in [0.717, 1.165) is 6.07 Å². The van der Waals surface area contributed by atoms with Crippen LogP contribution in [0, 0.1) is 0 Å². The molecule has 10 aromatic carbocycles. The highest BCUT2D eigenvalue weighted by atomic mass is 16.3. The van der Waals surface area contributed by atoms with Crippen molar-refractivity contribution in [3.63, 3.8) is 0 Å². The summed E-state index contributed by atoms with van der Waals surface area (Å²) in [5.74, 6) is 0. The fourth-order valence-corrected chi connectivity index (χ4v) is 6.35. The average molecular weight is 704 g/mol. The highest BCUT2D eigenvalue weighted by molar-refractivity contribution is 6.23. The van der Waals surface area contributed by atoms with Gasteiger partial charge in [-0.15, -0.1) is 0 Å². The van der Waals surface area contributed by atoms with Crippen molar-refractivity contribution in [1.29, 1.82) is 0 Å². The Morgan fingerprint density at radius 1 is 0.302 bits per heavy atom. The van der Waals surface area contributed by atoms with Crippen molar-refractivity contribution in [2.75, 3.05) is 0 Å². The van der Waals surface area contributed by atoms with Gasteiger partial charge < -0.3 is 4.42 Å². The normalized spacial score (nSPS) is 20.0. The Hall–Kier alpha value is -6.96. The summed E-state index contributed by atoms with van der Waals surface area (Å²) in [6.45, 7) is 0. The predicted molar refractivity (Wildman–Crippen MR) is 225 cm³/mol. The molecule has 0 spiro atoms. The maximum atomic E-state index is 9.60. The van der Waals surface area contributed by atoms with Crippen LogP contribution in [0.2, 0.25) is 0 Å². The largest absolute Gasteiger partial charge is 0.456 e. The van der Waals surface area contributed by atoms with Crippen molar-refractivity contribution >= 4 is 65.0 Å². The number of hydrogen-bond donors (Lipinski definition) is 0. The summed E-state index contributed by atoms with van der Waals surface area (Å²) in [5, 5.41) is -6.13. The molecule has 0 atom stereocenters. The molecule has 0 amide bonds. The van der Waals surface area contributed by atoms with Crippen LogP contribution in [-0.2, 0) is 0 Å². The lowest BCUT2D eigenvalue weighted by Gasteiger charge is -2.19. The topological polar surface area (TPSA) is 13.1 Å². The number of fused-ring (bicyclic) bond motifs is 7. The van der Waals surface area contributed by atoms with Gasteiger partial charge in [-0.25, -0.2) is 0 Å². The quantitative estimate of drug-likeness (QED) is 0.166. The summed E-state index contributed by atoms with van der Waals surface area (Å²) in [6.07, 6.45) is 0. The SMILES string of the molecule is [2H]c1c(-c2c([2H])c([2H])c3c(oc4c([2H])c(-c5c([2H])c([2H])c6c([2H])c([2H])c([2H])c([2H])c6c5[2H])c([2H])c([2H])c43)c2[2H])cc(-c2c3c([2H])c([2H])c([2H])c([2H])c3c(-c3c([2H])c([2H])c([2H])c4c([2H])c([2H])c([2H])c([2H])c34)c3c([2H])c([2H])c([2H])c([2H])c23)c([2H])c1[2H]. The van der Waals surface area contributed by atoms with Crippen LogP contribution >= 0.6 is 0 Å². The van der Waals surface area contributed by atoms with Gasteiger partial charge in [0.15, 0.2) is 0 Å². The van der Waals surface area contributed by atoms with Crippen LogP contribution in [0.4, 0.5) is 0 Å². The van der Waals surface area contributed by atoms with Gasteiger partial charge in [-0.3, -0.25) is 0 Å². The molecule has 0 N–H and O–H groups in total. The monoisotopic (exact) mass is 703 g/mol. The third-order valence-electron chi connectivity index (χ3n) is 8.67. The lowest BCUT2D eigenvalue weighted by atomic mass is 9.84. The van der Waals surface area contributed by atoms with Crippen LogP contribution in [0.1, 0.15) is 42.5 Å². The smallest absolute Gasteiger partial charge is 0.136 e. The first-order valence-electron chi connectivity index (χ1n) is 31.2. The Morgan fingerprint density at radius 2 is 0.792 bits per heavy atom. The fourth-order valence-electron chi connectivity index (χ4n) is 6.35. The molecule has 11 rings (SSSR count). The van der Waals surface area contributed by atoms with E-state index in [1.54, 1.807) is 0 Å². The Kier molecular flexibility index (Phi) is 2.74. The minimum atomic E-state index is -1.03. The molecular formula is C52H32O. The highest BCUT2D eigenvalue weighted by Gasteiger charge is 2.18. The molecule has 1 aromatic heterocycles. The molecule has 0 saturated heterocycles. The first kappa shape index (κ1) is 12.3. The van der Waals surface area contributed by atoms with E-state index in [4.69, 9.17) is 29.1 Å². The van der Waals surface area contributed by atoms with Gasteiger partial charge >= 0.3 is 0 Å². The minimum absolute atomic E-state index is 0.501. The molecule has 1 nitrogen and oxygen atoms in total. The molecule has 0 aliphatic heterocycles. The first-order valence-corrected chi connectivity index (χ1v) is 15.7. The summed E-state index contributed by atoms with van der Waals surface area (Å²) >= 11 is 0. The lowest BCUT2D eigenvalue weighted by Crippen LogP contribution is -1.92. The molecule has 0 radical (unpaired) electrons. The van der Waals surface area contributed by atoms with E-state index in [2.05, 4.69) is 0 Å². The molecule has 0 aliphatic rings. The third kappa shape index (κ3) is 4.79. The summed E-state index contributed by atoms with van der Waals surface area (Å²) in [4.78, 5) is 0. The molecule has 1 heteroatoms. The molecule has 0 bridgehead atoms. The van der Waals surface area contributed by atoms with Gasteiger partial charge in [-0.1, -0.05) is 157 Å². The van der Waals surface area contributed by atoms with E-state index in [0.29, 0.717) is 0 Å². The molecule has 53 heavy (non-hydrogen) atoms. The molecule has 246 valence electrons. The number of rotatable bonds is 4. The van der Waals surface area contributed by atoms with Crippen molar-refractivity contribution in [2.45, 2.75) is 0 Å². The second-order valence-electron chi connectivity index (χ2n) is 11.6. The van der Waals surface area contributed by atoms with Gasteiger partial charge in [-0.2, -0.15) is 0 Å². The summed E-state index contributed by atoms with van der Waals surface area (Å²) in [6, 6.07) is -27.0. The Balaban J connectivity index is 1.28. The van der Waals surface area contributed by atoms with E-state index in [9.17, 15) is 17.8 Å². The van der Waals surface area contributed by atoms with Crippen molar-refractivity contribution in [3.05, 3.63) is 193 Å². The minimum Gasteiger partial charge on any atom is -0.456 e. The summed E-state index contributed by atoms with van der Waals surface area (Å²) in [5.41, 5.74) is -6.79. The van der Waals surface area contributed by atoms with Gasteiger partial charge in [0.05, 0.1) is 42.5 Å². The second kappa shape index (κ2) is 11.8. The van der Waals surface area contributed by atoms with E-state index in [1.807, 2.05) is 0 Å². The lowest BCUT2D eigenvalue weighted by molar-refractivity contribution is 0.669. The van der Waals surface area contributed by atoms with Crippen molar-refractivity contribution < 1.29 is 46.9 Å².